The minimum Gasteiger partial charge on any atom is -0.398 e. The minimum absolute atomic E-state index is 0.499. The summed E-state index contributed by atoms with van der Waals surface area (Å²) >= 11 is 0. The lowest BCUT2D eigenvalue weighted by molar-refractivity contribution is 0.176. The molecule has 0 spiro atoms. The first kappa shape index (κ1) is 12.3. The highest BCUT2D eigenvalue weighted by atomic mass is 28.4. The molecule has 0 aromatic heterocycles. The summed E-state index contributed by atoms with van der Waals surface area (Å²) < 4.78 is 6.12. The summed E-state index contributed by atoms with van der Waals surface area (Å²) in [5.74, 6) is 2.82. The van der Waals surface area contributed by atoms with Gasteiger partial charge in [0, 0.05) is 6.42 Å². The third-order valence-electron chi connectivity index (χ3n) is 2.21. The Bertz CT molecular complexity index is 303. The highest BCUT2D eigenvalue weighted by Gasteiger charge is 2.31. The van der Waals surface area contributed by atoms with Crippen LogP contribution in [0.15, 0.2) is 24.3 Å². The highest BCUT2D eigenvalue weighted by molar-refractivity contribution is 6.69. The molecule has 15 heavy (non-hydrogen) atoms. The van der Waals surface area contributed by atoms with Gasteiger partial charge in [0.25, 0.3) is 0 Å². The average Bonchev–Trinajstić information content (AvgIpc) is 2.08. The lowest BCUT2D eigenvalue weighted by Gasteiger charge is -2.32. The minimum atomic E-state index is -1.60. The maximum Gasteiger partial charge on any atom is 0.186 e. The van der Waals surface area contributed by atoms with Crippen LogP contribution in [-0.4, -0.2) is 13.9 Å². The topological polar surface area (TPSA) is 9.23 Å². The van der Waals surface area contributed by atoms with Crippen LogP contribution in [0.4, 0.5) is 0 Å². The summed E-state index contributed by atoms with van der Waals surface area (Å²) in [4.78, 5) is 0. The van der Waals surface area contributed by atoms with E-state index in [-0.39, 0.29) is 0 Å². The summed E-state index contributed by atoms with van der Waals surface area (Å²) in [7, 11) is -1.60. The van der Waals surface area contributed by atoms with Gasteiger partial charge in [-0.25, -0.2) is 0 Å². The fourth-order valence-electron chi connectivity index (χ4n) is 1.67. The zero-order chi connectivity index (χ0) is 11.4. The molecule has 1 aliphatic rings. The van der Waals surface area contributed by atoms with Crippen LogP contribution in [-0.2, 0) is 4.43 Å². The molecule has 1 atom stereocenters. The summed E-state index contributed by atoms with van der Waals surface area (Å²) in [6, 6.07) is 0. The Balaban J connectivity index is 2.86. The Morgan fingerprint density at radius 3 is 2.47 bits per heavy atom. The zero-order valence-electron chi connectivity index (χ0n) is 9.92. The molecule has 1 unspecified atom stereocenters. The molecule has 0 saturated heterocycles. The Hall–Kier alpha value is -0.783. The van der Waals surface area contributed by atoms with Gasteiger partial charge in [-0.3, -0.25) is 0 Å². The summed E-state index contributed by atoms with van der Waals surface area (Å²) in [6.07, 6.45) is 17.1. The normalized spacial score (nSPS) is 31.1. The smallest absolute Gasteiger partial charge is 0.186 e. The molecule has 0 saturated carbocycles. The van der Waals surface area contributed by atoms with Crippen LogP contribution < -0.4 is 0 Å². The highest BCUT2D eigenvalue weighted by Crippen LogP contribution is 2.25. The lowest BCUT2D eigenvalue weighted by Crippen LogP contribution is -2.40. The molecule has 0 amide bonds. The van der Waals surface area contributed by atoms with E-state index in [0.29, 0.717) is 0 Å². The van der Waals surface area contributed by atoms with Gasteiger partial charge in [-0.1, -0.05) is 24.1 Å². The van der Waals surface area contributed by atoms with Crippen molar-refractivity contribution in [2.24, 2.45) is 0 Å². The molecule has 0 radical (unpaired) electrons. The molecule has 0 aromatic carbocycles. The van der Waals surface area contributed by atoms with E-state index in [4.69, 9.17) is 10.8 Å². The van der Waals surface area contributed by atoms with Crippen molar-refractivity contribution in [2.45, 2.75) is 44.5 Å². The molecule has 0 heterocycles. The largest absolute Gasteiger partial charge is 0.398 e. The number of allylic oxidation sites excluding steroid dienone is 2. The Morgan fingerprint density at radius 1 is 1.20 bits per heavy atom. The maximum absolute atomic E-state index is 6.12. The fourth-order valence-corrected chi connectivity index (χ4v) is 2.97. The van der Waals surface area contributed by atoms with Crippen LogP contribution in [0, 0.1) is 12.3 Å². The molecule has 1 nitrogen and oxygen atoms in total. The van der Waals surface area contributed by atoms with Crippen LogP contribution in [0.2, 0.25) is 19.6 Å². The first-order chi connectivity index (χ1) is 6.97. The number of hydrogen-bond acceptors (Lipinski definition) is 1. The van der Waals surface area contributed by atoms with Crippen molar-refractivity contribution in [3.8, 4) is 12.3 Å². The second kappa shape index (κ2) is 4.83. The third kappa shape index (κ3) is 4.07. The Morgan fingerprint density at radius 2 is 1.87 bits per heavy atom. The quantitative estimate of drug-likeness (QED) is 0.393. The van der Waals surface area contributed by atoms with Crippen molar-refractivity contribution in [1.82, 2.24) is 0 Å². The summed E-state index contributed by atoms with van der Waals surface area (Å²) in [5, 5.41) is 0. The van der Waals surface area contributed by atoms with Gasteiger partial charge in [-0.15, -0.1) is 6.42 Å². The van der Waals surface area contributed by atoms with Gasteiger partial charge in [0.2, 0.25) is 0 Å². The van der Waals surface area contributed by atoms with Crippen LogP contribution in [0.5, 0.6) is 0 Å². The van der Waals surface area contributed by atoms with Crippen LogP contribution >= 0.6 is 0 Å². The van der Waals surface area contributed by atoms with Crippen molar-refractivity contribution in [3.63, 3.8) is 0 Å². The number of terminal acetylenes is 1. The van der Waals surface area contributed by atoms with Gasteiger partial charge in [-0.2, -0.15) is 0 Å². The average molecular weight is 220 g/mol. The second-order valence-electron chi connectivity index (χ2n) is 4.90. The fraction of sp³-hybridized carbons (Fsp3) is 0.538. The van der Waals surface area contributed by atoms with E-state index >= 15 is 0 Å². The van der Waals surface area contributed by atoms with Gasteiger partial charge in [-0.05, 0) is 38.6 Å². The predicted molar refractivity (Wildman–Crippen MR) is 68.1 cm³/mol. The molecule has 0 aromatic rings. The van der Waals surface area contributed by atoms with E-state index in [1.54, 1.807) is 0 Å². The molecule has 0 N–H and O–H groups in total. The van der Waals surface area contributed by atoms with E-state index in [0.717, 1.165) is 19.3 Å². The molecule has 1 aliphatic carbocycles. The lowest BCUT2D eigenvalue weighted by atomic mass is 9.97. The van der Waals surface area contributed by atoms with Crippen molar-refractivity contribution in [1.29, 1.82) is 0 Å². The first-order valence-corrected chi connectivity index (χ1v) is 8.89. The molecule has 2 heteroatoms. The van der Waals surface area contributed by atoms with Crippen LogP contribution in [0.1, 0.15) is 19.3 Å². The van der Waals surface area contributed by atoms with Crippen LogP contribution in [0.25, 0.3) is 0 Å². The van der Waals surface area contributed by atoms with E-state index in [1.165, 1.54) is 0 Å². The predicted octanol–water partition coefficient (Wildman–Crippen LogP) is 3.51. The summed E-state index contributed by atoms with van der Waals surface area (Å²) in [6.45, 7) is 6.51. The molecule has 82 valence electrons. The molecule has 0 aliphatic heterocycles. The van der Waals surface area contributed by atoms with Crippen LogP contribution in [0.3, 0.4) is 0 Å². The molecular weight excluding hydrogens is 200 g/mol. The van der Waals surface area contributed by atoms with Gasteiger partial charge in [0.15, 0.2) is 8.32 Å². The Labute approximate surface area is 94.4 Å². The van der Waals surface area contributed by atoms with E-state index in [9.17, 15) is 0 Å². The monoisotopic (exact) mass is 220 g/mol. The van der Waals surface area contributed by atoms with E-state index < -0.39 is 13.9 Å². The van der Waals surface area contributed by atoms with Crippen molar-refractivity contribution in [3.05, 3.63) is 24.3 Å². The van der Waals surface area contributed by atoms with Crippen molar-refractivity contribution >= 4 is 8.32 Å². The third-order valence-corrected chi connectivity index (χ3v) is 3.18. The van der Waals surface area contributed by atoms with Crippen molar-refractivity contribution < 1.29 is 4.43 Å². The zero-order valence-corrected chi connectivity index (χ0v) is 10.9. The van der Waals surface area contributed by atoms with Gasteiger partial charge < -0.3 is 4.43 Å². The number of hydrogen-bond donors (Lipinski definition) is 0. The first-order valence-electron chi connectivity index (χ1n) is 5.48. The van der Waals surface area contributed by atoms with Gasteiger partial charge in [0.1, 0.15) is 5.60 Å². The standard InChI is InChI=1S/C13H20OSi/c1-5-13(14-15(2,3)4)11-9-7-6-8-10-12-13/h1,7,9-10,12H,6,8,11H2,2-4H3/b9-7-,12-10-. The molecule has 1 rings (SSSR count). The Kier molecular flexibility index (Phi) is 3.95. The molecule has 0 bridgehead atoms. The van der Waals surface area contributed by atoms with Gasteiger partial charge >= 0.3 is 0 Å². The van der Waals surface area contributed by atoms with Crippen molar-refractivity contribution in [2.75, 3.05) is 0 Å². The van der Waals surface area contributed by atoms with Gasteiger partial charge in [0.05, 0.1) is 0 Å². The van der Waals surface area contributed by atoms with E-state index in [2.05, 4.69) is 49.9 Å². The SMILES string of the molecule is C#CC1(O[Si](C)(C)C)/C=C\CC/C=C\C1. The molecule has 0 fully saturated rings. The second-order valence-corrected chi connectivity index (χ2v) is 9.33. The van der Waals surface area contributed by atoms with E-state index in [1.807, 2.05) is 0 Å². The number of rotatable bonds is 2. The maximum atomic E-state index is 6.12. The molecular formula is C13H20OSi. The summed E-state index contributed by atoms with van der Waals surface area (Å²) in [5.41, 5.74) is -0.499.